The Morgan fingerprint density at radius 1 is 1.38 bits per heavy atom. The van der Waals surface area contributed by atoms with E-state index < -0.39 is 0 Å². The Hall–Kier alpha value is -0.610. The third-order valence-corrected chi connectivity index (χ3v) is 3.63. The number of hydrogen-bond donors (Lipinski definition) is 2. The molecule has 0 aliphatic heterocycles. The Kier molecular flexibility index (Phi) is 4.18. The van der Waals surface area contributed by atoms with Crippen LogP contribution in [0, 0.1) is 5.92 Å². The van der Waals surface area contributed by atoms with Gasteiger partial charge in [-0.1, -0.05) is 18.9 Å². The van der Waals surface area contributed by atoms with Crippen LogP contribution in [0.2, 0.25) is 0 Å². The number of nitrogens with zero attached hydrogens (tertiary/aromatic N) is 1. The minimum absolute atomic E-state index is 0.270. The van der Waals surface area contributed by atoms with E-state index in [1.165, 1.54) is 12.8 Å². The molecule has 0 spiro atoms. The molecule has 1 aromatic heterocycles. The first kappa shape index (κ1) is 11.9. The van der Waals surface area contributed by atoms with Crippen LogP contribution in [0.1, 0.15) is 25.7 Å². The first-order valence-corrected chi connectivity index (χ1v) is 6.59. The number of aliphatic hydroxyl groups excluding tert-OH is 1. The first-order chi connectivity index (χ1) is 7.79. The Morgan fingerprint density at radius 2 is 2.19 bits per heavy atom. The summed E-state index contributed by atoms with van der Waals surface area (Å²) in [6.07, 6.45) is 4.71. The lowest BCUT2D eigenvalue weighted by Gasteiger charge is -2.31. The molecule has 2 N–H and O–H groups in total. The van der Waals surface area contributed by atoms with E-state index in [4.69, 9.17) is 0 Å². The topological polar surface area (TPSA) is 45.1 Å². The molecule has 1 saturated carbocycles. The van der Waals surface area contributed by atoms with Crippen molar-refractivity contribution in [3.63, 3.8) is 0 Å². The van der Waals surface area contributed by atoms with Crippen molar-refractivity contribution >= 4 is 21.7 Å². The molecule has 2 unspecified atom stereocenters. The van der Waals surface area contributed by atoms with Crippen molar-refractivity contribution in [2.45, 2.75) is 31.7 Å². The van der Waals surface area contributed by atoms with Crippen LogP contribution >= 0.6 is 15.9 Å². The molecule has 3 nitrogen and oxygen atoms in total. The van der Waals surface area contributed by atoms with E-state index >= 15 is 0 Å². The van der Waals surface area contributed by atoms with Crippen molar-refractivity contribution in [2.24, 2.45) is 5.92 Å². The van der Waals surface area contributed by atoms with Crippen molar-refractivity contribution in [2.75, 3.05) is 11.9 Å². The maximum Gasteiger partial charge on any atom is 0.127 e. The fraction of sp³-hybridized carbons (Fsp3) is 0.583. The van der Waals surface area contributed by atoms with E-state index in [-0.39, 0.29) is 6.61 Å². The molecule has 2 rings (SSSR count). The summed E-state index contributed by atoms with van der Waals surface area (Å²) in [6.45, 7) is 0.270. The second kappa shape index (κ2) is 5.64. The fourth-order valence-corrected chi connectivity index (χ4v) is 2.64. The molecule has 2 atom stereocenters. The van der Waals surface area contributed by atoms with E-state index in [0.29, 0.717) is 12.0 Å². The lowest BCUT2D eigenvalue weighted by atomic mass is 9.85. The van der Waals surface area contributed by atoms with Gasteiger partial charge in [-0.05, 0) is 40.9 Å². The molecule has 16 heavy (non-hydrogen) atoms. The van der Waals surface area contributed by atoms with Crippen molar-refractivity contribution in [3.05, 3.63) is 22.8 Å². The molecule has 1 aliphatic carbocycles. The van der Waals surface area contributed by atoms with E-state index in [2.05, 4.69) is 26.2 Å². The molecule has 1 fully saturated rings. The highest BCUT2D eigenvalue weighted by atomic mass is 79.9. The predicted molar refractivity (Wildman–Crippen MR) is 68.4 cm³/mol. The van der Waals surface area contributed by atoms with E-state index in [1.54, 1.807) is 0 Å². The summed E-state index contributed by atoms with van der Waals surface area (Å²) in [6, 6.07) is 6.21. The second-order valence-electron chi connectivity index (χ2n) is 4.32. The molecule has 1 aliphatic rings. The van der Waals surface area contributed by atoms with Gasteiger partial charge in [-0.2, -0.15) is 0 Å². The van der Waals surface area contributed by atoms with Gasteiger partial charge in [0.1, 0.15) is 10.4 Å². The minimum atomic E-state index is 0.270. The van der Waals surface area contributed by atoms with E-state index in [1.807, 2.05) is 18.2 Å². The summed E-state index contributed by atoms with van der Waals surface area (Å²) in [7, 11) is 0. The zero-order valence-electron chi connectivity index (χ0n) is 9.19. The number of nitrogens with one attached hydrogen (secondary N) is 1. The lowest BCUT2D eigenvalue weighted by Crippen LogP contribution is -2.34. The van der Waals surface area contributed by atoms with Crippen LogP contribution in [0.25, 0.3) is 0 Å². The zero-order valence-corrected chi connectivity index (χ0v) is 10.8. The molecular formula is C12H17BrN2O. The summed E-state index contributed by atoms with van der Waals surface area (Å²) in [5.41, 5.74) is 0. The van der Waals surface area contributed by atoms with Gasteiger partial charge in [-0.3, -0.25) is 0 Å². The van der Waals surface area contributed by atoms with Crippen LogP contribution in [0.5, 0.6) is 0 Å². The maximum absolute atomic E-state index is 9.32. The summed E-state index contributed by atoms with van der Waals surface area (Å²) in [5.74, 6) is 1.26. The second-order valence-corrected chi connectivity index (χ2v) is 5.14. The summed E-state index contributed by atoms with van der Waals surface area (Å²) in [4.78, 5) is 4.36. The normalized spacial score (nSPS) is 25.4. The molecule has 0 aromatic carbocycles. The molecule has 0 radical (unpaired) electrons. The molecule has 4 heteroatoms. The summed E-state index contributed by atoms with van der Waals surface area (Å²) >= 11 is 3.36. The SMILES string of the molecule is OCC1CCCCC1Nc1cccc(Br)n1. The zero-order chi connectivity index (χ0) is 11.4. The highest BCUT2D eigenvalue weighted by Gasteiger charge is 2.24. The largest absolute Gasteiger partial charge is 0.396 e. The van der Waals surface area contributed by atoms with Gasteiger partial charge in [0.2, 0.25) is 0 Å². The van der Waals surface area contributed by atoms with Crippen molar-refractivity contribution in [1.82, 2.24) is 4.98 Å². The Morgan fingerprint density at radius 3 is 2.94 bits per heavy atom. The number of pyridine rings is 1. The van der Waals surface area contributed by atoms with Crippen LogP contribution in [-0.4, -0.2) is 22.7 Å². The quantitative estimate of drug-likeness (QED) is 0.839. The molecule has 0 amide bonds. The Labute approximate surface area is 104 Å². The van der Waals surface area contributed by atoms with E-state index in [9.17, 15) is 5.11 Å². The number of anilines is 1. The van der Waals surface area contributed by atoms with Gasteiger partial charge in [-0.15, -0.1) is 0 Å². The number of aromatic nitrogens is 1. The van der Waals surface area contributed by atoms with Crippen LogP contribution in [0.15, 0.2) is 22.8 Å². The van der Waals surface area contributed by atoms with Gasteiger partial charge in [0.15, 0.2) is 0 Å². The first-order valence-electron chi connectivity index (χ1n) is 5.79. The monoisotopic (exact) mass is 284 g/mol. The Bertz CT molecular complexity index is 346. The summed E-state index contributed by atoms with van der Waals surface area (Å²) in [5, 5.41) is 12.7. The van der Waals surface area contributed by atoms with Crippen LogP contribution in [0.3, 0.4) is 0 Å². The Balaban J connectivity index is 2.02. The lowest BCUT2D eigenvalue weighted by molar-refractivity contribution is 0.178. The molecule has 88 valence electrons. The van der Waals surface area contributed by atoms with Crippen LogP contribution in [0.4, 0.5) is 5.82 Å². The maximum atomic E-state index is 9.32. The van der Waals surface area contributed by atoms with Gasteiger partial charge >= 0.3 is 0 Å². The van der Waals surface area contributed by atoms with Gasteiger partial charge in [0, 0.05) is 18.6 Å². The number of aliphatic hydroxyl groups is 1. The third kappa shape index (κ3) is 2.95. The van der Waals surface area contributed by atoms with Gasteiger partial charge in [-0.25, -0.2) is 4.98 Å². The van der Waals surface area contributed by atoms with Gasteiger partial charge in [0.25, 0.3) is 0 Å². The van der Waals surface area contributed by atoms with Crippen LogP contribution < -0.4 is 5.32 Å². The number of halogens is 1. The molecular weight excluding hydrogens is 268 g/mol. The van der Waals surface area contributed by atoms with E-state index in [0.717, 1.165) is 23.3 Å². The minimum Gasteiger partial charge on any atom is -0.396 e. The molecule has 1 aromatic rings. The van der Waals surface area contributed by atoms with Gasteiger partial charge < -0.3 is 10.4 Å². The van der Waals surface area contributed by atoms with Crippen LogP contribution in [-0.2, 0) is 0 Å². The average Bonchev–Trinajstić information content (AvgIpc) is 2.30. The predicted octanol–water partition coefficient (Wildman–Crippen LogP) is 2.81. The number of rotatable bonds is 3. The highest BCUT2D eigenvalue weighted by Crippen LogP contribution is 2.26. The van der Waals surface area contributed by atoms with Gasteiger partial charge in [0.05, 0.1) is 0 Å². The average molecular weight is 285 g/mol. The molecule has 0 bridgehead atoms. The molecule has 0 saturated heterocycles. The van der Waals surface area contributed by atoms with Crippen molar-refractivity contribution in [1.29, 1.82) is 0 Å². The number of hydrogen-bond acceptors (Lipinski definition) is 3. The highest BCUT2D eigenvalue weighted by molar-refractivity contribution is 9.10. The fourth-order valence-electron chi connectivity index (χ4n) is 2.29. The standard InChI is InChI=1S/C12H17BrN2O/c13-11-6-3-7-12(15-11)14-10-5-2-1-4-9(10)8-16/h3,6-7,9-10,16H,1-2,4-5,8H2,(H,14,15). The third-order valence-electron chi connectivity index (χ3n) is 3.19. The van der Waals surface area contributed by atoms with Crippen molar-refractivity contribution < 1.29 is 5.11 Å². The summed E-state index contributed by atoms with van der Waals surface area (Å²) < 4.78 is 0.842. The molecule has 1 heterocycles. The smallest absolute Gasteiger partial charge is 0.127 e. The van der Waals surface area contributed by atoms with Crippen molar-refractivity contribution in [3.8, 4) is 0 Å².